The molecule has 1 saturated heterocycles. The Balaban J connectivity index is 2.05. The monoisotopic (exact) mass is 361 g/mol. The first kappa shape index (κ1) is 13.6. The summed E-state index contributed by atoms with van der Waals surface area (Å²) in [5.41, 5.74) is 0.334. The Kier molecular flexibility index (Phi) is 4.45. The first-order chi connectivity index (χ1) is 8.56. The second-order valence-corrected chi connectivity index (χ2v) is 5.78. The molecular weight excluding hydrogens is 345 g/mol. The van der Waals surface area contributed by atoms with Gasteiger partial charge in [0.05, 0.1) is 11.7 Å². The first-order valence-corrected chi connectivity index (χ1v) is 7.05. The van der Waals surface area contributed by atoms with Crippen molar-refractivity contribution in [1.29, 1.82) is 0 Å². The van der Waals surface area contributed by atoms with Gasteiger partial charge >= 0.3 is 0 Å². The third-order valence-corrected chi connectivity index (χ3v) is 3.69. The summed E-state index contributed by atoms with van der Waals surface area (Å²) < 4.78 is 6.36. The molecule has 2 N–H and O–H groups in total. The molecule has 1 aliphatic rings. The lowest BCUT2D eigenvalue weighted by Crippen LogP contribution is -2.41. The Bertz CT molecular complexity index is 450. The van der Waals surface area contributed by atoms with Crippen molar-refractivity contribution in [2.45, 2.75) is 31.9 Å². The number of phenolic OH excluding ortho intramolecular Hbond substituents is 1. The summed E-state index contributed by atoms with van der Waals surface area (Å²) in [5.74, 6) is -0.196. The molecular formula is C13H16INO3. The third kappa shape index (κ3) is 3.35. The highest BCUT2D eigenvalue weighted by Crippen LogP contribution is 2.21. The van der Waals surface area contributed by atoms with E-state index in [1.54, 1.807) is 18.2 Å². The summed E-state index contributed by atoms with van der Waals surface area (Å²) in [5, 5.41) is 12.6. The minimum atomic E-state index is -0.217. The molecule has 1 aromatic carbocycles. The summed E-state index contributed by atoms with van der Waals surface area (Å²) >= 11 is 2.12. The average Bonchev–Trinajstić information content (AvgIpc) is 2.32. The molecule has 0 aromatic heterocycles. The van der Waals surface area contributed by atoms with Gasteiger partial charge in [-0.2, -0.15) is 0 Å². The van der Waals surface area contributed by atoms with Gasteiger partial charge in [-0.3, -0.25) is 4.79 Å². The van der Waals surface area contributed by atoms with Crippen molar-refractivity contribution in [3.8, 4) is 5.75 Å². The maximum absolute atomic E-state index is 12.1. The van der Waals surface area contributed by atoms with Crippen LogP contribution in [0.25, 0.3) is 0 Å². The molecule has 0 aliphatic carbocycles. The van der Waals surface area contributed by atoms with Crippen LogP contribution in [0.2, 0.25) is 0 Å². The van der Waals surface area contributed by atoms with E-state index in [-0.39, 0.29) is 23.8 Å². The summed E-state index contributed by atoms with van der Waals surface area (Å²) in [4.78, 5) is 12.1. The lowest BCUT2D eigenvalue weighted by atomic mass is 10.0. The number of aromatic hydroxyl groups is 1. The number of amides is 1. The van der Waals surface area contributed by atoms with Crippen LogP contribution in [0.15, 0.2) is 18.2 Å². The van der Waals surface area contributed by atoms with E-state index in [1.165, 1.54) is 0 Å². The van der Waals surface area contributed by atoms with Crippen LogP contribution >= 0.6 is 22.6 Å². The van der Waals surface area contributed by atoms with Gasteiger partial charge in [-0.1, -0.05) is 0 Å². The summed E-state index contributed by atoms with van der Waals surface area (Å²) in [7, 11) is 0. The molecule has 98 valence electrons. The zero-order chi connectivity index (χ0) is 13.1. The van der Waals surface area contributed by atoms with E-state index in [0.29, 0.717) is 12.2 Å². The fourth-order valence-corrected chi connectivity index (χ4v) is 2.57. The number of rotatable bonds is 2. The SMILES string of the molecule is CC1CC(NC(=O)c2cc(I)ccc2O)CCO1. The maximum atomic E-state index is 12.1. The molecule has 0 bridgehead atoms. The quantitative estimate of drug-likeness (QED) is 0.795. The molecule has 0 radical (unpaired) electrons. The topological polar surface area (TPSA) is 58.6 Å². The number of phenols is 1. The van der Waals surface area contributed by atoms with Crippen molar-refractivity contribution in [2.75, 3.05) is 6.61 Å². The number of carbonyl (C=O) groups is 1. The number of carbonyl (C=O) groups excluding carboxylic acids is 1. The predicted molar refractivity (Wildman–Crippen MR) is 76.7 cm³/mol. The van der Waals surface area contributed by atoms with Crippen LogP contribution in [0.3, 0.4) is 0 Å². The van der Waals surface area contributed by atoms with E-state index in [9.17, 15) is 9.90 Å². The minimum absolute atomic E-state index is 0.0213. The summed E-state index contributed by atoms with van der Waals surface area (Å²) in [6.45, 7) is 2.67. The number of hydrogen-bond donors (Lipinski definition) is 2. The van der Waals surface area contributed by atoms with Crippen LogP contribution < -0.4 is 5.32 Å². The highest BCUT2D eigenvalue weighted by molar-refractivity contribution is 14.1. The van der Waals surface area contributed by atoms with Crippen molar-refractivity contribution in [2.24, 2.45) is 0 Å². The Morgan fingerprint density at radius 1 is 1.56 bits per heavy atom. The smallest absolute Gasteiger partial charge is 0.255 e. The van der Waals surface area contributed by atoms with E-state index in [4.69, 9.17) is 4.74 Å². The fraction of sp³-hybridized carbons (Fsp3) is 0.462. The molecule has 2 rings (SSSR count). The van der Waals surface area contributed by atoms with Crippen molar-refractivity contribution in [3.63, 3.8) is 0 Å². The summed E-state index contributed by atoms with van der Waals surface area (Å²) in [6, 6.07) is 5.12. The standard InChI is InChI=1S/C13H16INO3/c1-8-6-10(4-5-18-8)15-13(17)11-7-9(14)2-3-12(11)16/h2-3,7-8,10,16H,4-6H2,1H3,(H,15,17). The Labute approximate surface area is 120 Å². The van der Waals surface area contributed by atoms with E-state index >= 15 is 0 Å². The Morgan fingerprint density at radius 3 is 3.06 bits per heavy atom. The van der Waals surface area contributed by atoms with Crippen LogP contribution in [0.4, 0.5) is 0 Å². The molecule has 5 heteroatoms. The van der Waals surface area contributed by atoms with E-state index in [0.717, 1.165) is 16.4 Å². The molecule has 1 heterocycles. The zero-order valence-electron chi connectivity index (χ0n) is 10.1. The number of nitrogens with one attached hydrogen (secondary N) is 1. The van der Waals surface area contributed by atoms with Crippen LogP contribution in [-0.4, -0.2) is 29.8 Å². The van der Waals surface area contributed by atoms with Gasteiger partial charge in [-0.05, 0) is 60.6 Å². The number of hydrogen-bond acceptors (Lipinski definition) is 3. The number of halogens is 1. The second-order valence-electron chi connectivity index (χ2n) is 4.54. The van der Waals surface area contributed by atoms with Gasteiger partial charge in [0.1, 0.15) is 5.75 Å². The molecule has 1 aliphatic heterocycles. The van der Waals surface area contributed by atoms with Gasteiger partial charge < -0.3 is 15.2 Å². The van der Waals surface area contributed by atoms with Gasteiger partial charge in [0, 0.05) is 16.2 Å². The predicted octanol–water partition coefficient (Wildman–Crippen LogP) is 2.29. The minimum Gasteiger partial charge on any atom is -0.507 e. The zero-order valence-corrected chi connectivity index (χ0v) is 12.3. The molecule has 0 saturated carbocycles. The van der Waals surface area contributed by atoms with Gasteiger partial charge in [0.15, 0.2) is 0 Å². The van der Waals surface area contributed by atoms with Gasteiger partial charge in [-0.15, -0.1) is 0 Å². The van der Waals surface area contributed by atoms with Crippen molar-refractivity contribution in [1.82, 2.24) is 5.32 Å². The van der Waals surface area contributed by atoms with E-state index < -0.39 is 0 Å². The van der Waals surface area contributed by atoms with E-state index in [2.05, 4.69) is 27.9 Å². The molecule has 4 nitrogen and oxygen atoms in total. The Hall–Kier alpha value is -0.820. The number of benzene rings is 1. The number of ether oxygens (including phenoxy) is 1. The van der Waals surface area contributed by atoms with Crippen LogP contribution in [0.5, 0.6) is 5.75 Å². The molecule has 2 atom stereocenters. The highest BCUT2D eigenvalue weighted by Gasteiger charge is 2.22. The van der Waals surface area contributed by atoms with Crippen LogP contribution in [-0.2, 0) is 4.74 Å². The molecule has 18 heavy (non-hydrogen) atoms. The van der Waals surface area contributed by atoms with Crippen molar-refractivity contribution < 1.29 is 14.6 Å². The average molecular weight is 361 g/mol. The summed E-state index contributed by atoms with van der Waals surface area (Å²) in [6.07, 6.45) is 1.81. The third-order valence-electron chi connectivity index (χ3n) is 3.02. The second kappa shape index (κ2) is 5.88. The highest BCUT2D eigenvalue weighted by atomic mass is 127. The van der Waals surface area contributed by atoms with Gasteiger partial charge in [0.25, 0.3) is 5.91 Å². The fourth-order valence-electron chi connectivity index (χ4n) is 2.08. The van der Waals surface area contributed by atoms with Gasteiger partial charge in [-0.25, -0.2) is 0 Å². The molecule has 0 spiro atoms. The lowest BCUT2D eigenvalue weighted by Gasteiger charge is -2.28. The molecule has 1 amide bonds. The van der Waals surface area contributed by atoms with Crippen LogP contribution in [0.1, 0.15) is 30.1 Å². The maximum Gasteiger partial charge on any atom is 0.255 e. The van der Waals surface area contributed by atoms with Crippen molar-refractivity contribution in [3.05, 3.63) is 27.3 Å². The normalized spacial score (nSPS) is 23.7. The Morgan fingerprint density at radius 2 is 2.33 bits per heavy atom. The lowest BCUT2D eigenvalue weighted by molar-refractivity contribution is 0.0136. The van der Waals surface area contributed by atoms with E-state index in [1.807, 2.05) is 6.92 Å². The largest absolute Gasteiger partial charge is 0.507 e. The molecule has 1 fully saturated rings. The van der Waals surface area contributed by atoms with Crippen molar-refractivity contribution >= 4 is 28.5 Å². The molecule has 1 aromatic rings. The van der Waals surface area contributed by atoms with Crippen LogP contribution in [0, 0.1) is 3.57 Å². The van der Waals surface area contributed by atoms with Gasteiger partial charge in [0.2, 0.25) is 0 Å². The molecule has 2 unspecified atom stereocenters. The first-order valence-electron chi connectivity index (χ1n) is 5.97.